The number of nitrogens with zero attached hydrogens (tertiary/aromatic N) is 1. The first-order valence-corrected chi connectivity index (χ1v) is 9.98. The van der Waals surface area contributed by atoms with E-state index in [0.717, 1.165) is 31.2 Å². The van der Waals surface area contributed by atoms with E-state index in [2.05, 4.69) is 11.9 Å². The van der Waals surface area contributed by atoms with Gasteiger partial charge in [0.05, 0.1) is 4.90 Å². The van der Waals surface area contributed by atoms with Crippen LogP contribution in [0.5, 0.6) is 0 Å². The van der Waals surface area contributed by atoms with Crippen molar-refractivity contribution in [3.05, 3.63) is 28.8 Å². The highest BCUT2D eigenvalue weighted by Crippen LogP contribution is 2.39. The molecule has 1 aliphatic rings. The van der Waals surface area contributed by atoms with Gasteiger partial charge in [0.15, 0.2) is 15.8 Å². The lowest BCUT2D eigenvalue weighted by atomic mass is 9.79. The Morgan fingerprint density at radius 2 is 1.75 bits per heavy atom. The number of nitrogens with two attached hydrogens (primary N) is 2. The molecule has 1 aromatic carbocycles. The van der Waals surface area contributed by atoms with Crippen molar-refractivity contribution in [2.24, 2.45) is 22.4 Å². The summed E-state index contributed by atoms with van der Waals surface area (Å²) in [5.41, 5.74) is 12.0. The first kappa shape index (κ1) is 18.4. The molecule has 0 aromatic heterocycles. The van der Waals surface area contributed by atoms with Gasteiger partial charge in [0.25, 0.3) is 5.91 Å². The molecule has 6 nitrogen and oxygen atoms in total. The Kier molecular flexibility index (Phi) is 5.32. The van der Waals surface area contributed by atoms with E-state index in [1.807, 2.05) is 0 Å². The van der Waals surface area contributed by atoms with E-state index in [-0.39, 0.29) is 22.3 Å². The third-order valence-corrected chi connectivity index (χ3v) is 6.01. The fraction of sp³-hybridized carbons (Fsp3) is 0.529. The van der Waals surface area contributed by atoms with E-state index in [1.54, 1.807) is 19.1 Å². The van der Waals surface area contributed by atoms with E-state index in [1.165, 1.54) is 6.26 Å². The first-order chi connectivity index (χ1) is 11.1. The summed E-state index contributed by atoms with van der Waals surface area (Å²) in [6.07, 6.45) is 5.27. The molecule has 2 rings (SSSR count). The Labute approximate surface area is 143 Å². The molecule has 1 fully saturated rings. The van der Waals surface area contributed by atoms with E-state index >= 15 is 0 Å². The molecule has 7 heteroatoms. The van der Waals surface area contributed by atoms with Crippen molar-refractivity contribution in [2.75, 3.05) is 6.26 Å². The number of carbonyl (C=O) groups excluding carboxylic acids is 1. The van der Waals surface area contributed by atoms with Gasteiger partial charge >= 0.3 is 0 Å². The second kappa shape index (κ2) is 6.93. The lowest BCUT2D eigenvalue weighted by Gasteiger charge is -2.28. The lowest BCUT2D eigenvalue weighted by molar-refractivity contribution is 0.100. The molecule has 0 spiro atoms. The summed E-state index contributed by atoms with van der Waals surface area (Å²) in [5, 5.41) is 0. The highest BCUT2D eigenvalue weighted by Gasteiger charge is 2.28. The summed E-state index contributed by atoms with van der Waals surface area (Å²) in [7, 11) is -3.47. The summed E-state index contributed by atoms with van der Waals surface area (Å²) in [4.78, 5) is 15.9. The number of aliphatic imine (C=N–C) groups is 1. The molecular formula is C17H25N3O3S. The molecule has 1 amide bonds. The highest BCUT2D eigenvalue weighted by molar-refractivity contribution is 7.90. The van der Waals surface area contributed by atoms with Gasteiger partial charge in [-0.3, -0.25) is 4.79 Å². The van der Waals surface area contributed by atoms with Gasteiger partial charge in [-0.05, 0) is 48.8 Å². The van der Waals surface area contributed by atoms with Gasteiger partial charge in [-0.15, -0.1) is 0 Å². The number of amides is 1. The van der Waals surface area contributed by atoms with Crippen LogP contribution in [-0.4, -0.2) is 26.5 Å². The predicted molar refractivity (Wildman–Crippen MR) is 94.8 cm³/mol. The van der Waals surface area contributed by atoms with Crippen LogP contribution in [-0.2, 0) is 9.84 Å². The van der Waals surface area contributed by atoms with E-state index < -0.39 is 15.7 Å². The van der Waals surface area contributed by atoms with Crippen LogP contribution >= 0.6 is 0 Å². The molecule has 132 valence electrons. The topological polar surface area (TPSA) is 116 Å². The van der Waals surface area contributed by atoms with Gasteiger partial charge in [0.1, 0.15) is 0 Å². The number of sulfone groups is 1. The molecule has 1 aliphatic carbocycles. The average molecular weight is 351 g/mol. The van der Waals surface area contributed by atoms with Crippen LogP contribution in [0.25, 0.3) is 0 Å². The number of rotatable bonds is 3. The fourth-order valence-electron chi connectivity index (χ4n) is 3.51. The molecule has 1 saturated carbocycles. The molecule has 0 bridgehead atoms. The zero-order valence-corrected chi connectivity index (χ0v) is 15.2. The van der Waals surface area contributed by atoms with Gasteiger partial charge in [0.2, 0.25) is 0 Å². The Hall–Kier alpha value is -1.89. The molecule has 24 heavy (non-hydrogen) atoms. The van der Waals surface area contributed by atoms with Crippen LogP contribution in [0.1, 0.15) is 60.0 Å². The summed E-state index contributed by atoms with van der Waals surface area (Å²) in [6, 6.07) is 3.38. The maximum Gasteiger partial charge on any atom is 0.280 e. The Morgan fingerprint density at radius 1 is 1.17 bits per heavy atom. The monoisotopic (exact) mass is 351 g/mol. The first-order valence-electron chi connectivity index (χ1n) is 8.08. The quantitative estimate of drug-likeness (QED) is 0.639. The molecule has 0 aliphatic heterocycles. The Morgan fingerprint density at radius 3 is 2.25 bits per heavy atom. The third-order valence-electron chi connectivity index (χ3n) is 4.72. The maximum absolute atomic E-state index is 12.4. The van der Waals surface area contributed by atoms with Gasteiger partial charge in [-0.25, -0.2) is 8.42 Å². The van der Waals surface area contributed by atoms with Crippen LogP contribution in [0.2, 0.25) is 0 Å². The predicted octanol–water partition coefficient (Wildman–Crippen LogP) is 2.11. The summed E-state index contributed by atoms with van der Waals surface area (Å²) >= 11 is 0. The molecule has 1 aromatic rings. The zero-order chi connectivity index (χ0) is 18.1. The van der Waals surface area contributed by atoms with Gasteiger partial charge < -0.3 is 11.5 Å². The number of hydrogen-bond acceptors (Lipinski definition) is 3. The minimum Gasteiger partial charge on any atom is -0.370 e. The second-order valence-electron chi connectivity index (χ2n) is 6.73. The Balaban J connectivity index is 2.56. The average Bonchev–Trinajstić information content (AvgIpc) is 2.45. The van der Waals surface area contributed by atoms with Crippen molar-refractivity contribution in [1.82, 2.24) is 0 Å². The number of hydrogen-bond donors (Lipinski definition) is 2. The minimum atomic E-state index is -3.47. The van der Waals surface area contributed by atoms with Crippen LogP contribution in [0.4, 0.5) is 0 Å². The standard InChI is InChI=1S/C17H25N3O3S/c1-10-4-6-12(7-5-10)14-9-8-13(16(21)20-17(18)19)11(2)15(14)24(3,22)23/h8-10,12H,4-7H2,1-3H3,(H4,18,19,20,21). The van der Waals surface area contributed by atoms with E-state index in [0.29, 0.717) is 11.5 Å². The van der Waals surface area contributed by atoms with Crippen molar-refractivity contribution in [2.45, 2.75) is 50.3 Å². The zero-order valence-electron chi connectivity index (χ0n) is 14.4. The maximum atomic E-state index is 12.4. The lowest BCUT2D eigenvalue weighted by Crippen LogP contribution is -2.24. The van der Waals surface area contributed by atoms with Crippen LogP contribution in [0.15, 0.2) is 22.0 Å². The van der Waals surface area contributed by atoms with E-state index in [4.69, 9.17) is 11.5 Å². The molecular weight excluding hydrogens is 326 g/mol. The largest absolute Gasteiger partial charge is 0.370 e. The van der Waals surface area contributed by atoms with E-state index in [9.17, 15) is 13.2 Å². The van der Waals surface area contributed by atoms with Gasteiger partial charge in [-0.1, -0.05) is 25.8 Å². The van der Waals surface area contributed by atoms with Crippen molar-refractivity contribution in [3.8, 4) is 0 Å². The van der Waals surface area contributed by atoms with Gasteiger partial charge in [-0.2, -0.15) is 4.99 Å². The third kappa shape index (κ3) is 3.95. The van der Waals surface area contributed by atoms with Crippen LogP contribution in [0, 0.1) is 12.8 Å². The van der Waals surface area contributed by atoms with Crippen molar-refractivity contribution in [1.29, 1.82) is 0 Å². The van der Waals surface area contributed by atoms with Gasteiger partial charge in [0, 0.05) is 11.8 Å². The molecule has 0 unspecified atom stereocenters. The van der Waals surface area contributed by atoms with Crippen LogP contribution in [0.3, 0.4) is 0 Å². The smallest absolute Gasteiger partial charge is 0.280 e. The van der Waals surface area contributed by atoms with Crippen molar-refractivity contribution in [3.63, 3.8) is 0 Å². The second-order valence-corrected chi connectivity index (χ2v) is 8.68. The number of guanidine groups is 1. The summed E-state index contributed by atoms with van der Waals surface area (Å²) in [6.45, 7) is 3.86. The molecule has 0 radical (unpaired) electrons. The summed E-state index contributed by atoms with van der Waals surface area (Å²) < 4.78 is 24.8. The number of benzene rings is 1. The minimum absolute atomic E-state index is 0.205. The SMILES string of the molecule is Cc1c(C(=O)N=C(N)N)ccc(C2CCC(C)CC2)c1S(C)(=O)=O. The Bertz CT molecular complexity index is 773. The normalized spacial score (nSPS) is 21.3. The van der Waals surface area contributed by atoms with Crippen molar-refractivity contribution < 1.29 is 13.2 Å². The molecule has 0 heterocycles. The van der Waals surface area contributed by atoms with Crippen LogP contribution < -0.4 is 11.5 Å². The highest BCUT2D eigenvalue weighted by atomic mass is 32.2. The molecule has 0 saturated heterocycles. The number of carbonyl (C=O) groups is 1. The molecule has 0 atom stereocenters. The summed E-state index contributed by atoms with van der Waals surface area (Å²) in [5.74, 6) is -0.0875. The van der Waals surface area contributed by atoms with Crippen molar-refractivity contribution >= 4 is 21.7 Å². The molecule has 4 N–H and O–H groups in total. The fourth-order valence-corrected chi connectivity index (χ4v) is 4.84.